The van der Waals surface area contributed by atoms with Crippen LogP contribution in [0.4, 0.5) is 5.82 Å². The lowest BCUT2D eigenvalue weighted by Gasteiger charge is -2.15. The van der Waals surface area contributed by atoms with Crippen molar-refractivity contribution in [1.29, 1.82) is 0 Å². The molecule has 29 heavy (non-hydrogen) atoms. The van der Waals surface area contributed by atoms with Gasteiger partial charge in [0.2, 0.25) is 5.91 Å². The summed E-state index contributed by atoms with van der Waals surface area (Å²) in [5, 5.41) is 5.54. The third-order valence-electron chi connectivity index (χ3n) is 5.31. The Bertz CT molecular complexity index is 1040. The van der Waals surface area contributed by atoms with Gasteiger partial charge in [-0.1, -0.05) is 6.92 Å². The Hall–Kier alpha value is -3.36. The Kier molecular flexibility index (Phi) is 4.96. The summed E-state index contributed by atoms with van der Waals surface area (Å²) in [6.07, 6.45) is 2.75. The summed E-state index contributed by atoms with van der Waals surface area (Å²) in [5.74, 6) is 1.81. The molecule has 1 saturated heterocycles. The van der Waals surface area contributed by atoms with E-state index < -0.39 is 0 Å². The first kappa shape index (κ1) is 19.0. The van der Waals surface area contributed by atoms with Crippen LogP contribution < -0.4 is 15.2 Å². The summed E-state index contributed by atoms with van der Waals surface area (Å²) >= 11 is 0. The van der Waals surface area contributed by atoms with Crippen LogP contribution in [-0.4, -0.2) is 57.9 Å². The summed E-state index contributed by atoms with van der Waals surface area (Å²) in [5.41, 5.74) is 8.33. The third-order valence-corrected chi connectivity index (χ3v) is 5.31. The van der Waals surface area contributed by atoms with Crippen molar-refractivity contribution in [2.45, 2.75) is 25.8 Å². The summed E-state index contributed by atoms with van der Waals surface area (Å²) in [6, 6.07) is 5.59. The molecule has 152 valence electrons. The number of hydrogen-bond acceptors (Lipinski definition) is 7. The average molecular weight is 396 g/mol. The molecule has 0 spiro atoms. The van der Waals surface area contributed by atoms with Gasteiger partial charge < -0.3 is 20.1 Å². The predicted octanol–water partition coefficient (Wildman–Crippen LogP) is 2.28. The second-order valence-corrected chi connectivity index (χ2v) is 6.99. The van der Waals surface area contributed by atoms with Gasteiger partial charge in [-0.25, -0.2) is 14.6 Å². The van der Waals surface area contributed by atoms with Gasteiger partial charge in [-0.2, -0.15) is 5.10 Å². The number of carbonyl (C=O) groups is 1. The van der Waals surface area contributed by atoms with E-state index in [1.807, 2.05) is 28.6 Å². The second kappa shape index (κ2) is 7.57. The number of aromatic nitrogens is 4. The molecule has 2 N–H and O–H groups in total. The highest BCUT2D eigenvalue weighted by Crippen LogP contribution is 2.36. The fraction of sp³-hybridized carbons (Fsp3) is 0.400. The van der Waals surface area contributed by atoms with Crippen LogP contribution in [0.25, 0.3) is 22.3 Å². The van der Waals surface area contributed by atoms with Crippen molar-refractivity contribution in [3.05, 3.63) is 24.5 Å². The Balaban J connectivity index is 1.84. The largest absolute Gasteiger partial charge is 0.497 e. The molecular weight excluding hydrogens is 372 g/mol. The molecule has 0 radical (unpaired) electrons. The van der Waals surface area contributed by atoms with E-state index in [0.717, 1.165) is 12.0 Å². The topological polar surface area (TPSA) is 108 Å². The van der Waals surface area contributed by atoms with E-state index in [-0.39, 0.29) is 11.9 Å². The van der Waals surface area contributed by atoms with Crippen LogP contribution in [0, 0.1) is 0 Å². The number of ether oxygens (including phenoxy) is 2. The Labute approximate surface area is 168 Å². The van der Waals surface area contributed by atoms with Gasteiger partial charge in [0, 0.05) is 31.1 Å². The van der Waals surface area contributed by atoms with Gasteiger partial charge in [-0.3, -0.25) is 4.79 Å². The minimum Gasteiger partial charge on any atom is -0.497 e. The van der Waals surface area contributed by atoms with E-state index >= 15 is 0 Å². The molecule has 1 amide bonds. The molecule has 3 heterocycles. The van der Waals surface area contributed by atoms with Gasteiger partial charge in [-0.05, 0) is 18.6 Å². The molecule has 1 aromatic carbocycles. The fourth-order valence-electron chi connectivity index (χ4n) is 3.79. The van der Waals surface area contributed by atoms with E-state index in [2.05, 4.69) is 9.97 Å². The zero-order chi connectivity index (χ0) is 20.5. The number of benzene rings is 1. The number of amides is 1. The lowest BCUT2D eigenvalue weighted by atomic mass is 10.1. The highest BCUT2D eigenvalue weighted by Gasteiger charge is 2.30. The monoisotopic (exact) mass is 396 g/mol. The molecule has 0 saturated carbocycles. The van der Waals surface area contributed by atoms with Gasteiger partial charge in [0.25, 0.3) is 0 Å². The Morgan fingerprint density at radius 3 is 2.59 bits per heavy atom. The average Bonchev–Trinajstić information content (AvgIpc) is 3.38. The molecule has 3 aromatic rings. The van der Waals surface area contributed by atoms with E-state index in [1.54, 1.807) is 20.3 Å². The normalized spacial score (nSPS) is 16.4. The van der Waals surface area contributed by atoms with Crippen LogP contribution in [-0.2, 0) is 4.79 Å². The van der Waals surface area contributed by atoms with Crippen LogP contribution in [0.15, 0.2) is 24.5 Å². The van der Waals surface area contributed by atoms with Crippen LogP contribution >= 0.6 is 0 Å². The van der Waals surface area contributed by atoms with Crippen molar-refractivity contribution in [2.24, 2.45) is 0 Å². The quantitative estimate of drug-likeness (QED) is 0.705. The zero-order valence-electron chi connectivity index (χ0n) is 16.8. The van der Waals surface area contributed by atoms with Crippen LogP contribution in [0.2, 0.25) is 0 Å². The van der Waals surface area contributed by atoms with E-state index in [4.69, 9.17) is 20.3 Å². The van der Waals surface area contributed by atoms with Gasteiger partial charge in [0.1, 0.15) is 29.3 Å². The van der Waals surface area contributed by atoms with E-state index in [1.165, 1.54) is 6.33 Å². The number of nitrogens with two attached hydrogens (primary N) is 1. The molecular formula is C20H24N6O3. The first-order chi connectivity index (χ1) is 14.0. The number of rotatable bonds is 5. The molecule has 1 atom stereocenters. The molecule has 4 rings (SSSR count). The maximum Gasteiger partial charge on any atom is 0.222 e. The zero-order valence-corrected chi connectivity index (χ0v) is 16.8. The lowest BCUT2D eigenvalue weighted by molar-refractivity contribution is -0.129. The van der Waals surface area contributed by atoms with Gasteiger partial charge in [0.05, 0.1) is 25.6 Å². The Morgan fingerprint density at radius 2 is 1.93 bits per heavy atom. The lowest BCUT2D eigenvalue weighted by Crippen LogP contribution is -2.28. The molecule has 1 fully saturated rings. The smallest absolute Gasteiger partial charge is 0.222 e. The SMILES string of the molecule is CCC(=O)N1CC[C@H](n2nc(-c3cc(OC)cc(OC)c3)c3c(N)ncnc32)C1. The second-order valence-electron chi connectivity index (χ2n) is 6.99. The van der Waals surface area contributed by atoms with Crippen LogP contribution in [0.1, 0.15) is 25.8 Å². The summed E-state index contributed by atoms with van der Waals surface area (Å²) < 4.78 is 12.7. The van der Waals surface area contributed by atoms with Crippen molar-refractivity contribution in [3.8, 4) is 22.8 Å². The predicted molar refractivity (Wildman–Crippen MR) is 109 cm³/mol. The maximum absolute atomic E-state index is 12.1. The molecule has 1 aliphatic heterocycles. The van der Waals surface area contributed by atoms with Gasteiger partial charge in [-0.15, -0.1) is 0 Å². The van der Waals surface area contributed by atoms with Crippen molar-refractivity contribution in [1.82, 2.24) is 24.6 Å². The maximum atomic E-state index is 12.1. The molecule has 0 aliphatic carbocycles. The fourth-order valence-corrected chi connectivity index (χ4v) is 3.79. The van der Waals surface area contributed by atoms with Crippen molar-refractivity contribution >= 4 is 22.8 Å². The van der Waals surface area contributed by atoms with Crippen molar-refractivity contribution in [2.75, 3.05) is 33.0 Å². The summed E-state index contributed by atoms with van der Waals surface area (Å²) in [4.78, 5) is 22.6. The third kappa shape index (κ3) is 3.32. The molecule has 2 aromatic heterocycles. The molecule has 0 unspecified atom stereocenters. The number of carbonyl (C=O) groups excluding carboxylic acids is 1. The summed E-state index contributed by atoms with van der Waals surface area (Å²) in [7, 11) is 3.20. The number of likely N-dealkylation sites (tertiary alicyclic amines) is 1. The highest BCUT2D eigenvalue weighted by atomic mass is 16.5. The number of nitrogen functional groups attached to an aromatic ring is 1. The number of anilines is 1. The van der Waals surface area contributed by atoms with E-state index in [9.17, 15) is 4.79 Å². The first-order valence-corrected chi connectivity index (χ1v) is 9.55. The number of methoxy groups -OCH3 is 2. The number of nitrogens with zero attached hydrogens (tertiary/aromatic N) is 5. The highest BCUT2D eigenvalue weighted by molar-refractivity contribution is 5.98. The van der Waals surface area contributed by atoms with Crippen molar-refractivity contribution < 1.29 is 14.3 Å². The van der Waals surface area contributed by atoms with E-state index in [0.29, 0.717) is 53.6 Å². The standard InChI is InChI=1S/C20H24N6O3/c1-4-16(27)25-6-5-13(10-25)26-20-17(19(21)22-11-23-20)18(24-26)12-7-14(28-2)9-15(8-12)29-3/h7-9,11,13H,4-6,10H2,1-3H3,(H2,21,22,23)/t13-/m0/s1. The molecule has 1 aliphatic rings. The van der Waals surface area contributed by atoms with Crippen LogP contribution in [0.3, 0.4) is 0 Å². The minimum absolute atomic E-state index is 0.0311. The molecule has 9 heteroatoms. The molecule has 0 bridgehead atoms. The van der Waals surface area contributed by atoms with Gasteiger partial charge in [0.15, 0.2) is 5.65 Å². The minimum atomic E-state index is 0.0311. The van der Waals surface area contributed by atoms with Crippen LogP contribution in [0.5, 0.6) is 11.5 Å². The first-order valence-electron chi connectivity index (χ1n) is 9.55. The molecule has 9 nitrogen and oxygen atoms in total. The van der Waals surface area contributed by atoms with Crippen molar-refractivity contribution in [3.63, 3.8) is 0 Å². The number of fused-ring (bicyclic) bond motifs is 1. The summed E-state index contributed by atoms with van der Waals surface area (Å²) in [6.45, 7) is 3.19. The Morgan fingerprint density at radius 1 is 1.21 bits per heavy atom. The van der Waals surface area contributed by atoms with Gasteiger partial charge >= 0.3 is 0 Å². The number of hydrogen-bond donors (Lipinski definition) is 1.